The van der Waals surface area contributed by atoms with Crippen molar-refractivity contribution in [2.24, 2.45) is 0 Å². The van der Waals surface area contributed by atoms with Gasteiger partial charge in [-0.25, -0.2) is 8.42 Å². The maximum absolute atomic E-state index is 12.5. The lowest BCUT2D eigenvalue weighted by molar-refractivity contribution is 0.102. The minimum absolute atomic E-state index is 0.104. The van der Waals surface area contributed by atoms with Gasteiger partial charge in [0, 0.05) is 18.7 Å². The molecular formula is C17H17BrN4O5S. The number of nitrogens with one attached hydrogen (secondary N) is 1. The number of furan rings is 1. The van der Waals surface area contributed by atoms with E-state index >= 15 is 0 Å². The van der Waals surface area contributed by atoms with Crippen LogP contribution >= 0.6 is 15.9 Å². The highest BCUT2D eigenvalue weighted by Gasteiger charge is 2.22. The number of carbonyl (C=O) groups excluding carboxylic acids is 1. The Labute approximate surface area is 169 Å². The number of amides is 1. The zero-order valence-corrected chi connectivity index (χ0v) is 17.4. The highest BCUT2D eigenvalue weighted by molar-refractivity contribution is 9.10. The van der Waals surface area contributed by atoms with Gasteiger partial charge in [-0.05, 0) is 52.3 Å². The molecule has 1 amide bonds. The number of aromatic nitrogens is 2. The third-order valence-electron chi connectivity index (χ3n) is 3.89. The first-order valence-corrected chi connectivity index (χ1v) is 10.6. The van der Waals surface area contributed by atoms with E-state index in [4.69, 9.17) is 8.83 Å². The standard InChI is InChI=1S/C17H17BrN4O5S/c1-3-22(4-2)28(24,25)12-7-5-11(6-8-12)15(23)19-17-21-20-16(27-17)13-9-10-14(18)26-13/h5-10H,3-4H2,1-2H3,(H,19,21,23). The van der Waals surface area contributed by atoms with Crippen molar-refractivity contribution in [3.8, 4) is 11.7 Å². The summed E-state index contributed by atoms with van der Waals surface area (Å²) in [5, 5.41) is 10.0. The molecule has 11 heteroatoms. The highest BCUT2D eigenvalue weighted by Crippen LogP contribution is 2.25. The van der Waals surface area contributed by atoms with Crippen LogP contribution in [0, 0.1) is 0 Å². The first kappa shape index (κ1) is 20.2. The van der Waals surface area contributed by atoms with Crippen LogP contribution < -0.4 is 5.32 Å². The summed E-state index contributed by atoms with van der Waals surface area (Å²) in [4.78, 5) is 12.5. The Kier molecular flexibility index (Phi) is 5.96. The Morgan fingerprint density at radius 2 is 1.75 bits per heavy atom. The fourth-order valence-corrected chi connectivity index (χ4v) is 4.23. The van der Waals surface area contributed by atoms with Crippen molar-refractivity contribution in [3.63, 3.8) is 0 Å². The van der Waals surface area contributed by atoms with Gasteiger partial charge in [-0.1, -0.05) is 18.9 Å². The summed E-state index contributed by atoms with van der Waals surface area (Å²) >= 11 is 3.17. The summed E-state index contributed by atoms with van der Waals surface area (Å²) in [5.74, 6) is -0.0462. The Morgan fingerprint density at radius 1 is 1.07 bits per heavy atom. The topological polar surface area (TPSA) is 119 Å². The second kappa shape index (κ2) is 8.25. The zero-order valence-electron chi connectivity index (χ0n) is 15.0. The molecule has 1 N–H and O–H groups in total. The molecule has 0 atom stereocenters. The van der Waals surface area contributed by atoms with Crippen molar-refractivity contribution in [1.82, 2.24) is 14.5 Å². The lowest BCUT2D eigenvalue weighted by Crippen LogP contribution is -2.30. The molecule has 0 saturated carbocycles. The van der Waals surface area contributed by atoms with E-state index in [1.807, 2.05) is 0 Å². The lowest BCUT2D eigenvalue weighted by atomic mass is 10.2. The van der Waals surface area contributed by atoms with E-state index in [-0.39, 0.29) is 22.4 Å². The number of halogens is 1. The van der Waals surface area contributed by atoms with E-state index in [1.165, 1.54) is 28.6 Å². The predicted octanol–water partition coefficient (Wildman–Crippen LogP) is 3.37. The predicted molar refractivity (Wildman–Crippen MR) is 104 cm³/mol. The number of carbonyl (C=O) groups is 1. The molecule has 2 aromatic heterocycles. The average Bonchev–Trinajstić information content (AvgIpc) is 3.31. The minimum atomic E-state index is -3.58. The van der Waals surface area contributed by atoms with Crippen LogP contribution in [0.25, 0.3) is 11.7 Å². The minimum Gasteiger partial charge on any atom is -0.444 e. The number of hydrogen-bond donors (Lipinski definition) is 1. The van der Waals surface area contributed by atoms with E-state index in [9.17, 15) is 13.2 Å². The molecule has 3 aromatic rings. The summed E-state index contributed by atoms with van der Waals surface area (Å²) in [6.45, 7) is 4.27. The Balaban J connectivity index is 1.73. The van der Waals surface area contributed by atoms with E-state index in [2.05, 4.69) is 31.4 Å². The highest BCUT2D eigenvalue weighted by atomic mass is 79.9. The Bertz CT molecular complexity index is 1070. The molecule has 1 aromatic carbocycles. The van der Waals surface area contributed by atoms with E-state index < -0.39 is 15.9 Å². The molecular weight excluding hydrogens is 452 g/mol. The van der Waals surface area contributed by atoms with Gasteiger partial charge in [0.25, 0.3) is 11.8 Å². The van der Waals surface area contributed by atoms with E-state index in [0.29, 0.717) is 23.5 Å². The second-order valence-electron chi connectivity index (χ2n) is 5.58. The third kappa shape index (κ3) is 4.16. The number of benzene rings is 1. The quantitative estimate of drug-likeness (QED) is 0.564. The summed E-state index contributed by atoms with van der Waals surface area (Å²) in [6.07, 6.45) is 0. The lowest BCUT2D eigenvalue weighted by Gasteiger charge is -2.18. The molecule has 2 heterocycles. The fourth-order valence-electron chi connectivity index (χ4n) is 2.46. The van der Waals surface area contributed by atoms with Gasteiger partial charge in [-0.15, -0.1) is 5.10 Å². The molecule has 28 heavy (non-hydrogen) atoms. The van der Waals surface area contributed by atoms with Crippen molar-refractivity contribution >= 4 is 37.9 Å². The number of hydrogen-bond acceptors (Lipinski definition) is 7. The molecule has 0 aliphatic rings. The Hall–Kier alpha value is -2.50. The van der Waals surface area contributed by atoms with Gasteiger partial charge in [0.15, 0.2) is 10.4 Å². The molecule has 9 nitrogen and oxygen atoms in total. The van der Waals surface area contributed by atoms with Crippen LogP contribution in [0.15, 0.2) is 54.8 Å². The SMILES string of the molecule is CCN(CC)S(=O)(=O)c1ccc(C(=O)Nc2nnc(-c3ccc(Br)o3)o2)cc1. The molecule has 0 aliphatic carbocycles. The van der Waals surface area contributed by atoms with Crippen LogP contribution in [0.2, 0.25) is 0 Å². The van der Waals surface area contributed by atoms with Crippen molar-refractivity contribution in [2.45, 2.75) is 18.7 Å². The third-order valence-corrected chi connectivity index (χ3v) is 6.38. The monoisotopic (exact) mass is 468 g/mol. The average molecular weight is 469 g/mol. The maximum Gasteiger partial charge on any atom is 0.322 e. The molecule has 3 rings (SSSR count). The van der Waals surface area contributed by atoms with Gasteiger partial charge in [0.1, 0.15) is 0 Å². The van der Waals surface area contributed by atoms with Crippen LogP contribution in [0.4, 0.5) is 6.01 Å². The van der Waals surface area contributed by atoms with Crippen LogP contribution in [-0.2, 0) is 10.0 Å². The normalized spacial score (nSPS) is 11.7. The summed E-state index contributed by atoms with van der Waals surface area (Å²) in [5.41, 5.74) is 0.249. The van der Waals surface area contributed by atoms with E-state index in [1.54, 1.807) is 26.0 Å². The molecule has 0 bridgehead atoms. The van der Waals surface area contributed by atoms with Crippen molar-refractivity contribution in [1.29, 1.82) is 0 Å². The number of rotatable bonds is 7. The largest absolute Gasteiger partial charge is 0.444 e. The first-order valence-electron chi connectivity index (χ1n) is 8.36. The molecule has 0 unspecified atom stereocenters. The van der Waals surface area contributed by atoms with Crippen LogP contribution in [0.3, 0.4) is 0 Å². The van der Waals surface area contributed by atoms with Gasteiger partial charge in [-0.2, -0.15) is 4.31 Å². The summed E-state index contributed by atoms with van der Waals surface area (Å²) < 4.78 is 37.5. The maximum atomic E-state index is 12.5. The molecule has 0 radical (unpaired) electrons. The molecule has 0 saturated heterocycles. The molecule has 0 fully saturated rings. The second-order valence-corrected chi connectivity index (χ2v) is 8.30. The van der Waals surface area contributed by atoms with Gasteiger partial charge in [0.05, 0.1) is 4.90 Å². The zero-order chi connectivity index (χ0) is 20.3. The number of nitrogens with zero attached hydrogens (tertiary/aromatic N) is 3. The fraction of sp³-hybridized carbons (Fsp3) is 0.235. The van der Waals surface area contributed by atoms with Crippen molar-refractivity contribution in [2.75, 3.05) is 18.4 Å². The number of anilines is 1. The summed E-state index contributed by atoms with van der Waals surface area (Å²) in [6, 6.07) is 8.83. The van der Waals surface area contributed by atoms with Crippen LogP contribution in [0.5, 0.6) is 0 Å². The van der Waals surface area contributed by atoms with Crippen LogP contribution in [-0.4, -0.2) is 41.9 Å². The van der Waals surface area contributed by atoms with Crippen molar-refractivity contribution < 1.29 is 22.0 Å². The first-order chi connectivity index (χ1) is 13.3. The molecule has 0 spiro atoms. The van der Waals surface area contributed by atoms with Gasteiger partial charge < -0.3 is 8.83 Å². The molecule has 0 aliphatic heterocycles. The van der Waals surface area contributed by atoms with Crippen molar-refractivity contribution in [3.05, 3.63) is 46.6 Å². The van der Waals surface area contributed by atoms with Crippen LogP contribution in [0.1, 0.15) is 24.2 Å². The van der Waals surface area contributed by atoms with E-state index in [0.717, 1.165) is 0 Å². The summed E-state index contributed by atoms with van der Waals surface area (Å²) in [7, 11) is -3.58. The Morgan fingerprint density at radius 3 is 2.32 bits per heavy atom. The van der Waals surface area contributed by atoms with Gasteiger partial charge >= 0.3 is 6.01 Å². The van der Waals surface area contributed by atoms with Gasteiger partial charge in [-0.3, -0.25) is 10.1 Å². The smallest absolute Gasteiger partial charge is 0.322 e. The molecule has 148 valence electrons. The van der Waals surface area contributed by atoms with Gasteiger partial charge in [0.2, 0.25) is 10.0 Å². The number of sulfonamides is 1.